The van der Waals surface area contributed by atoms with Crippen molar-refractivity contribution >= 4 is 5.91 Å². The SMILES string of the molecule is CCN(CC(C)(C)O)C(=O)CC(c1ccccc1)C(F)(F)F. The Labute approximate surface area is 128 Å². The molecule has 1 unspecified atom stereocenters. The molecular weight excluding hydrogens is 295 g/mol. The van der Waals surface area contributed by atoms with Gasteiger partial charge in [0.1, 0.15) is 0 Å². The molecule has 0 aromatic heterocycles. The third-order valence-corrected chi connectivity index (χ3v) is 3.29. The van der Waals surface area contributed by atoms with Crippen molar-refractivity contribution in [2.45, 2.75) is 44.9 Å². The number of alkyl halides is 3. The number of likely N-dealkylation sites (N-methyl/N-ethyl adjacent to an activating group) is 1. The van der Waals surface area contributed by atoms with E-state index in [1.807, 2.05) is 0 Å². The molecule has 1 N–H and O–H groups in total. The van der Waals surface area contributed by atoms with Crippen LogP contribution in [0.1, 0.15) is 38.7 Å². The van der Waals surface area contributed by atoms with Gasteiger partial charge in [0.2, 0.25) is 5.91 Å². The normalized spacial score (nSPS) is 13.8. The quantitative estimate of drug-likeness (QED) is 0.874. The second-order valence-corrected chi connectivity index (χ2v) is 5.93. The summed E-state index contributed by atoms with van der Waals surface area (Å²) < 4.78 is 39.8. The molecule has 1 atom stereocenters. The lowest BCUT2D eigenvalue weighted by Crippen LogP contribution is -2.43. The van der Waals surface area contributed by atoms with Crippen LogP contribution in [0.15, 0.2) is 30.3 Å². The molecular formula is C16H22F3NO2. The van der Waals surface area contributed by atoms with Crippen molar-refractivity contribution in [1.29, 1.82) is 0 Å². The van der Waals surface area contributed by atoms with Crippen LogP contribution in [0.2, 0.25) is 0 Å². The summed E-state index contributed by atoms with van der Waals surface area (Å²) in [4.78, 5) is 13.4. The summed E-state index contributed by atoms with van der Waals surface area (Å²) in [5.41, 5.74) is -1.07. The van der Waals surface area contributed by atoms with Crippen molar-refractivity contribution in [2.24, 2.45) is 0 Å². The molecule has 6 heteroatoms. The van der Waals surface area contributed by atoms with Crippen LogP contribution in [0.5, 0.6) is 0 Å². The average Bonchev–Trinajstić information content (AvgIpc) is 2.40. The lowest BCUT2D eigenvalue weighted by atomic mass is 9.94. The number of carbonyl (C=O) groups excluding carboxylic acids is 1. The number of rotatable bonds is 6. The predicted octanol–water partition coefficient (Wildman–Crippen LogP) is 3.34. The Morgan fingerprint density at radius 1 is 1.23 bits per heavy atom. The molecule has 0 saturated heterocycles. The number of aliphatic hydroxyl groups is 1. The highest BCUT2D eigenvalue weighted by atomic mass is 19.4. The van der Waals surface area contributed by atoms with Gasteiger partial charge in [-0.2, -0.15) is 13.2 Å². The highest BCUT2D eigenvalue weighted by molar-refractivity contribution is 5.77. The molecule has 0 fully saturated rings. The monoisotopic (exact) mass is 317 g/mol. The number of nitrogens with zero attached hydrogens (tertiary/aromatic N) is 1. The summed E-state index contributed by atoms with van der Waals surface area (Å²) >= 11 is 0. The third kappa shape index (κ3) is 5.67. The van der Waals surface area contributed by atoms with Crippen molar-refractivity contribution in [3.63, 3.8) is 0 Å². The summed E-state index contributed by atoms with van der Waals surface area (Å²) in [6.45, 7) is 4.96. The summed E-state index contributed by atoms with van der Waals surface area (Å²) in [5.74, 6) is -2.45. The highest BCUT2D eigenvalue weighted by Crippen LogP contribution is 2.37. The standard InChI is InChI=1S/C16H22F3NO2/c1-4-20(11-15(2,3)22)14(21)10-13(16(17,18)19)12-8-6-5-7-9-12/h5-9,13,22H,4,10-11H2,1-3H3. The Bertz CT molecular complexity index is 480. The minimum atomic E-state index is -4.49. The molecule has 0 spiro atoms. The van der Waals surface area contributed by atoms with Crippen LogP contribution in [0, 0.1) is 0 Å². The fourth-order valence-corrected chi connectivity index (χ4v) is 2.26. The number of hydrogen-bond donors (Lipinski definition) is 1. The third-order valence-electron chi connectivity index (χ3n) is 3.29. The van der Waals surface area contributed by atoms with Crippen LogP contribution in [0.4, 0.5) is 13.2 Å². The molecule has 0 saturated carbocycles. The van der Waals surface area contributed by atoms with Gasteiger partial charge >= 0.3 is 6.18 Å². The van der Waals surface area contributed by atoms with Crippen LogP contribution in [-0.4, -0.2) is 40.8 Å². The molecule has 0 heterocycles. The molecule has 1 rings (SSSR count). The first-order chi connectivity index (χ1) is 10.0. The van der Waals surface area contributed by atoms with Gasteiger partial charge < -0.3 is 10.0 Å². The first-order valence-corrected chi connectivity index (χ1v) is 7.16. The molecule has 0 bridgehead atoms. The second kappa shape index (κ2) is 7.13. The average molecular weight is 317 g/mol. The Balaban J connectivity index is 2.93. The highest BCUT2D eigenvalue weighted by Gasteiger charge is 2.42. The molecule has 1 amide bonds. The Kier molecular flexibility index (Phi) is 6.00. The van der Waals surface area contributed by atoms with Gasteiger partial charge in [-0.1, -0.05) is 30.3 Å². The first kappa shape index (κ1) is 18.5. The lowest BCUT2D eigenvalue weighted by molar-refractivity contribution is -0.161. The van der Waals surface area contributed by atoms with Crippen LogP contribution < -0.4 is 0 Å². The molecule has 0 aliphatic rings. The van der Waals surface area contributed by atoms with E-state index in [-0.39, 0.29) is 18.7 Å². The topological polar surface area (TPSA) is 40.5 Å². The van der Waals surface area contributed by atoms with E-state index in [0.29, 0.717) is 0 Å². The van der Waals surface area contributed by atoms with Crippen LogP contribution in [0.3, 0.4) is 0 Å². The molecule has 0 aliphatic heterocycles. The van der Waals surface area contributed by atoms with E-state index in [2.05, 4.69) is 0 Å². The van der Waals surface area contributed by atoms with E-state index in [1.54, 1.807) is 13.0 Å². The van der Waals surface area contributed by atoms with Crippen LogP contribution in [0.25, 0.3) is 0 Å². The number of amides is 1. The van der Waals surface area contributed by atoms with E-state index in [9.17, 15) is 23.1 Å². The molecule has 124 valence electrons. The van der Waals surface area contributed by atoms with E-state index >= 15 is 0 Å². The molecule has 0 radical (unpaired) electrons. The van der Waals surface area contributed by atoms with E-state index in [4.69, 9.17) is 0 Å². The first-order valence-electron chi connectivity index (χ1n) is 7.16. The second-order valence-electron chi connectivity index (χ2n) is 5.93. The Morgan fingerprint density at radius 3 is 2.18 bits per heavy atom. The van der Waals surface area contributed by atoms with Crippen molar-refractivity contribution in [3.05, 3.63) is 35.9 Å². The summed E-state index contributed by atoms with van der Waals surface area (Å²) in [6.07, 6.45) is -5.15. The van der Waals surface area contributed by atoms with Gasteiger partial charge in [-0.15, -0.1) is 0 Å². The minimum Gasteiger partial charge on any atom is -0.389 e. The number of carbonyl (C=O) groups is 1. The van der Waals surface area contributed by atoms with Gasteiger partial charge in [-0.25, -0.2) is 0 Å². The predicted molar refractivity (Wildman–Crippen MR) is 78.4 cm³/mol. The molecule has 1 aromatic carbocycles. The van der Waals surface area contributed by atoms with Gasteiger partial charge in [0, 0.05) is 19.5 Å². The largest absolute Gasteiger partial charge is 0.396 e. The lowest BCUT2D eigenvalue weighted by Gasteiger charge is -2.30. The van der Waals surface area contributed by atoms with E-state index in [0.717, 1.165) is 0 Å². The molecule has 22 heavy (non-hydrogen) atoms. The smallest absolute Gasteiger partial charge is 0.389 e. The van der Waals surface area contributed by atoms with Gasteiger partial charge in [0.05, 0.1) is 11.5 Å². The van der Waals surface area contributed by atoms with Crippen LogP contribution >= 0.6 is 0 Å². The summed E-state index contributed by atoms with van der Waals surface area (Å²) in [5, 5.41) is 9.76. The number of benzene rings is 1. The zero-order valence-electron chi connectivity index (χ0n) is 13.0. The summed E-state index contributed by atoms with van der Waals surface area (Å²) in [7, 11) is 0. The number of hydrogen-bond acceptors (Lipinski definition) is 2. The minimum absolute atomic E-state index is 0.00169. The van der Waals surface area contributed by atoms with Gasteiger partial charge in [0.25, 0.3) is 0 Å². The van der Waals surface area contributed by atoms with Crippen molar-refractivity contribution in [1.82, 2.24) is 4.90 Å². The molecule has 0 aliphatic carbocycles. The van der Waals surface area contributed by atoms with Gasteiger partial charge in [-0.05, 0) is 26.3 Å². The maximum absolute atomic E-state index is 13.3. The zero-order chi connectivity index (χ0) is 17.0. The van der Waals surface area contributed by atoms with E-state index < -0.39 is 30.0 Å². The van der Waals surface area contributed by atoms with Crippen molar-refractivity contribution in [2.75, 3.05) is 13.1 Å². The Hall–Kier alpha value is -1.56. The molecule has 3 nitrogen and oxygen atoms in total. The maximum Gasteiger partial charge on any atom is 0.396 e. The van der Waals surface area contributed by atoms with Gasteiger partial charge in [-0.3, -0.25) is 4.79 Å². The maximum atomic E-state index is 13.3. The molecule has 1 aromatic rings. The Morgan fingerprint density at radius 2 is 1.77 bits per heavy atom. The van der Waals surface area contributed by atoms with Crippen molar-refractivity contribution < 1.29 is 23.1 Å². The fourth-order valence-electron chi connectivity index (χ4n) is 2.26. The zero-order valence-corrected chi connectivity index (χ0v) is 13.0. The fraction of sp³-hybridized carbons (Fsp3) is 0.562. The summed E-state index contributed by atoms with van der Waals surface area (Å²) in [6, 6.07) is 7.42. The number of halogens is 3. The van der Waals surface area contributed by atoms with Crippen molar-refractivity contribution in [3.8, 4) is 0 Å². The van der Waals surface area contributed by atoms with Crippen LogP contribution in [-0.2, 0) is 4.79 Å². The van der Waals surface area contributed by atoms with E-state index in [1.165, 1.54) is 43.0 Å². The van der Waals surface area contributed by atoms with Gasteiger partial charge in [0.15, 0.2) is 0 Å².